The van der Waals surface area contributed by atoms with Crippen molar-refractivity contribution >= 4 is 35.1 Å². The molecule has 176 valence electrons. The second-order valence-corrected chi connectivity index (χ2v) is 9.26. The van der Waals surface area contributed by atoms with Crippen molar-refractivity contribution in [1.82, 2.24) is 0 Å². The number of nitrogens with zero attached hydrogens (tertiary/aromatic N) is 3. The largest absolute Gasteiger partial charge is 0.427 e. The molecule has 3 aromatic rings. The Bertz CT molecular complexity index is 1450. The Hall–Kier alpha value is -4.39. The third kappa shape index (κ3) is 3.64. The smallest absolute Gasteiger partial charge is 0.308 e. The monoisotopic (exact) mass is 493 g/mol. The van der Waals surface area contributed by atoms with Crippen molar-refractivity contribution in [2.45, 2.75) is 24.9 Å². The van der Waals surface area contributed by atoms with Crippen molar-refractivity contribution in [3.8, 4) is 17.9 Å². The van der Waals surface area contributed by atoms with E-state index in [-0.39, 0.29) is 5.78 Å². The first-order valence-electron chi connectivity index (χ1n) is 11.4. The van der Waals surface area contributed by atoms with E-state index in [9.17, 15) is 20.1 Å². The Balaban J connectivity index is 1.74. The number of ether oxygens (including phenoxy) is 1. The molecule has 3 aromatic carbocycles. The Morgan fingerprint density at radius 1 is 1.00 bits per heavy atom. The topological polar surface area (TPSA) is 94.2 Å². The molecule has 2 aliphatic heterocycles. The van der Waals surface area contributed by atoms with Crippen LogP contribution in [-0.2, 0) is 4.79 Å². The summed E-state index contributed by atoms with van der Waals surface area (Å²) in [7, 11) is 0. The number of anilines is 1. The summed E-state index contributed by atoms with van der Waals surface area (Å²) in [5.41, 5.74) is 1.01. The van der Waals surface area contributed by atoms with Crippen LogP contribution < -0.4 is 9.64 Å². The van der Waals surface area contributed by atoms with Crippen molar-refractivity contribution < 1.29 is 14.3 Å². The molecule has 5 rings (SSSR count). The maximum Gasteiger partial charge on any atom is 0.308 e. The maximum absolute atomic E-state index is 14.1. The summed E-state index contributed by atoms with van der Waals surface area (Å²) in [6, 6.07) is 24.0. The Morgan fingerprint density at radius 3 is 2.33 bits per heavy atom. The van der Waals surface area contributed by atoms with Crippen LogP contribution in [-0.4, -0.2) is 23.8 Å². The van der Waals surface area contributed by atoms with E-state index in [1.807, 2.05) is 11.0 Å². The number of esters is 1. The highest BCUT2D eigenvalue weighted by atomic mass is 35.5. The highest BCUT2D eigenvalue weighted by Crippen LogP contribution is 2.55. The fourth-order valence-corrected chi connectivity index (χ4v) is 5.44. The molecule has 0 aromatic heterocycles. The number of ketones is 1. The number of carbonyl (C=O) groups excluding carboxylic acids is 2. The lowest BCUT2D eigenvalue weighted by Gasteiger charge is -2.35. The summed E-state index contributed by atoms with van der Waals surface area (Å²) in [5.74, 6) is -1.03. The van der Waals surface area contributed by atoms with Gasteiger partial charge in [-0.3, -0.25) is 9.59 Å². The number of halogens is 1. The van der Waals surface area contributed by atoms with Crippen LogP contribution in [0.25, 0.3) is 6.08 Å². The van der Waals surface area contributed by atoms with Gasteiger partial charge in [0.25, 0.3) is 0 Å². The average molecular weight is 494 g/mol. The third-order valence-corrected chi connectivity index (χ3v) is 7.05. The molecular formula is C29H20ClN3O3. The molecule has 3 atom stereocenters. The number of hydrogen-bond acceptors (Lipinski definition) is 6. The predicted octanol–water partition coefficient (Wildman–Crippen LogP) is 5.55. The van der Waals surface area contributed by atoms with Crippen LogP contribution in [0.3, 0.4) is 0 Å². The van der Waals surface area contributed by atoms with Crippen molar-refractivity contribution in [2.24, 2.45) is 5.41 Å². The molecule has 6 nitrogen and oxygen atoms in total. The van der Waals surface area contributed by atoms with Crippen LogP contribution in [0.5, 0.6) is 5.75 Å². The molecule has 1 saturated heterocycles. The standard InChI is InChI=1S/C29H20ClN3O3/c1-18(34)36-23-12-13-24-21(15-23)9-14-25-29(16-31,17-32)26(19-7-10-22(30)11-8-19)27(33(24)25)28(35)20-5-3-2-4-6-20/h2-15,25-27H,1H3/t25-,26-,27+/m0/s1. The van der Waals surface area contributed by atoms with Gasteiger partial charge in [-0.05, 0) is 35.9 Å². The third-order valence-electron chi connectivity index (χ3n) is 6.80. The van der Waals surface area contributed by atoms with Gasteiger partial charge in [0, 0.05) is 34.7 Å². The van der Waals surface area contributed by atoms with E-state index in [1.165, 1.54) is 6.92 Å². The fraction of sp³-hybridized carbons (Fsp3) is 0.172. The number of hydrogen-bond donors (Lipinski definition) is 0. The van der Waals surface area contributed by atoms with Crippen LogP contribution in [0.1, 0.15) is 34.3 Å². The molecule has 0 saturated carbocycles. The van der Waals surface area contributed by atoms with E-state index < -0.39 is 29.4 Å². The summed E-state index contributed by atoms with van der Waals surface area (Å²) < 4.78 is 5.24. The minimum atomic E-state index is -1.55. The van der Waals surface area contributed by atoms with Gasteiger partial charge in [-0.15, -0.1) is 0 Å². The lowest BCUT2D eigenvalue weighted by molar-refractivity contribution is -0.131. The van der Waals surface area contributed by atoms with Crippen molar-refractivity contribution in [1.29, 1.82) is 10.5 Å². The van der Waals surface area contributed by atoms with Gasteiger partial charge < -0.3 is 9.64 Å². The first kappa shape index (κ1) is 23.4. The van der Waals surface area contributed by atoms with Crippen LogP contribution in [0.4, 0.5) is 5.69 Å². The summed E-state index contributed by atoms with van der Waals surface area (Å²) in [4.78, 5) is 27.5. The summed E-state index contributed by atoms with van der Waals surface area (Å²) >= 11 is 6.14. The van der Waals surface area contributed by atoms with Crippen molar-refractivity contribution in [2.75, 3.05) is 4.90 Å². The highest BCUT2D eigenvalue weighted by Gasteiger charge is 2.63. The molecule has 0 bridgehead atoms. The van der Waals surface area contributed by atoms with Gasteiger partial charge in [0.1, 0.15) is 11.8 Å². The number of rotatable bonds is 4. The van der Waals surface area contributed by atoms with E-state index in [1.54, 1.807) is 78.9 Å². The van der Waals surface area contributed by atoms with Gasteiger partial charge in [0.05, 0.1) is 18.2 Å². The molecule has 7 heteroatoms. The maximum atomic E-state index is 14.1. The quantitative estimate of drug-likeness (QED) is 0.269. The molecule has 0 spiro atoms. The van der Waals surface area contributed by atoms with Crippen molar-refractivity contribution in [3.05, 3.63) is 101 Å². The van der Waals surface area contributed by atoms with Crippen LogP contribution in [0, 0.1) is 28.1 Å². The summed E-state index contributed by atoms with van der Waals surface area (Å²) in [6.45, 7) is 1.32. The minimum absolute atomic E-state index is 0.196. The predicted molar refractivity (Wildman–Crippen MR) is 135 cm³/mol. The Labute approximate surface area is 213 Å². The van der Waals surface area contributed by atoms with E-state index in [0.29, 0.717) is 27.6 Å². The average Bonchev–Trinajstić information content (AvgIpc) is 3.19. The number of carbonyl (C=O) groups is 2. The van der Waals surface area contributed by atoms with E-state index in [4.69, 9.17) is 16.3 Å². The molecule has 0 unspecified atom stereocenters. The fourth-order valence-electron chi connectivity index (χ4n) is 5.32. The van der Waals surface area contributed by atoms with Crippen LogP contribution in [0.2, 0.25) is 5.02 Å². The normalized spacial score (nSPS) is 21.0. The molecule has 0 aliphatic carbocycles. The highest BCUT2D eigenvalue weighted by molar-refractivity contribution is 6.30. The van der Waals surface area contributed by atoms with Gasteiger partial charge in [-0.25, -0.2) is 0 Å². The second-order valence-electron chi connectivity index (χ2n) is 8.82. The number of nitriles is 2. The molecule has 0 amide bonds. The first-order chi connectivity index (χ1) is 17.4. The number of Topliss-reactive ketones (excluding diaryl/α,β-unsaturated/α-hetero) is 1. The zero-order chi connectivity index (χ0) is 25.4. The molecule has 2 aliphatic rings. The van der Waals surface area contributed by atoms with E-state index in [2.05, 4.69) is 12.1 Å². The zero-order valence-corrected chi connectivity index (χ0v) is 20.0. The molecule has 2 heterocycles. The van der Waals surface area contributed by atoms with E-state index in [0.717, 1.165) is 5.56 Å². The van der Waals surface area contributed by atoms with Gasteiger partial charge in [-0.1, -0.05) is 66.2 Å². The van der Waals surface area contributed by atoms with E-state index >= 15 is 0 Å². The summed E-state index contributed by atoms with van der Waals surface area (Å²) in [5, 5.41) is 21.5. The number of benzene rings is 3. The first-order valence-corrected chi connectivity index (χ1v) is 11.7. The molecule has 36 heavy (non-hydrogen) atoms. The lowest BCUT2D eigenvalue weighted by Crippen LogP contribution is -2.44. The Kier molecular flexibility index (Phi) is 5.84. The van der Waals surface area contributed by atoms with Gasteiger partial charge in [0.2, 0.25) is 0 Å². The van der Waals surface area contributed by atoms with Crippen LogP contribution >= 0.6 is 11.6 Å². The van der Waals surface area contributed by atoms with Gasteiger partial charge >= 0.3 is 5.97 Å². The zero-order valence-electron chi connectivity index (χ0n) is 19.3. The molecule has 0 radical (unpaired) electrons. The Morgan fingerprint density at radius 2 is 1.69 bits per heavy atom. The molecule has 0 N–H and O–H groups in total. The summed E-state index contributed by atoms with van der Waals surface area (Å²) in [6.07, 6.45) is 3.59. The number of fused-ring (bicyclic) bond motifs is 3. The molecular weight excluding hydrogens is 474 g/mol. The van der Waals surface area contributed by atoms with Gasteiger partial charge in [0.15, 0.2) is 11.2 Å². The van der Waals surface area contributed by atoms with Crippen molar-refractivity contribution in [3.63, 3.8) is 0 Å². The minimum Gasteiger partial charge on any atom is -0.427 e. The van der Waals surface area contributed by atoms with Gasteiger partial charge in [-0.2, -0.15) is 10.5 Å². The SMILES string of the molecule is CC(=O)Oc1ccc2c(c1)C=C[C@@H]1N2[C@@H](C(=O)c2ccccc2)[C@H](c2ccc(Cl)cc2)C1(C#N)C#N. The second kappa shape index (κ2) is 9.00. The lowest BCUT2D eigenvalue weighted by atomic mass is 9.69. The van der Waals surface area contributed by atoms with Crippen LogP contribution in [0.15, 0.2) is 78.9 Å². The molecule has 1 fully saturated rings.